The lowest BCUT2D eigenvalue weighted by Crippen LogP contribution is -2.40. The van der Waals surface area contributed by atoms with Crippen LogP contribution in [0.3, 0.4) is 0 Å². The molecule has 1 fully saturated rings. The fourth-order valence-electron chi connectivity index (χ4n) is 2.04. The van der Waals surface area contributed by atoms with E-state index in [-0.39, 0.29) is 29.6 Å². The zero-order chi connectivity index (χ0) is 13.1. The van der Waals surface area contributed by atoms with Crippen molar-refractivity contribution in [3.05, 3.63) is 23.8 Å². The van der Waals surface area contributed by atoms with Crippen LogP contribution in [0.5, 0.6) is 11.5 Å². The molecule has 1 amide bonds. The van der Waals surface area contributed by atoms with Crippen LogP contribution in [-0.2, 0) is 4.74 Å². The predicted octanol–water partition coefficient (Wildman–Crippen LogP) is 1.40. The van der Waals surface area contributed by atoms with Gasteiger partial charge in [-0.05, 0) is 38.0 Å². The Kier molecular flexibility index (Phi) is 3.72. The van der Waals surface area contributed by atoms with E-state index in [0.717, 1.165) is 19.4 Å². The van der Waals surface area contributed by atoms with E-state index in [2.05, 4.69) is 5.32 Å². The number of hydrogen-bond acceptors (Lipinski definition) is 4. The number of phenols is 2. The standard InChI is InChI=1S/C13H17NO4/c1-8(12-3-2-6-18-12)14-13(17)9-4-5-10(15)11(16)7-9/h4-5,7-8,12,15-16H,2-3,6H2,1H3,(H,14,17). The third kappa shape index (κ3) is 2.73. The fourth-order valence-corrected chi connectivity index (χ4v) is 2.04. The average Bonchev–Trinajstić information content (AvgIpc) is 2.86. The summed E-state index contributed by atoms with van der Waals surface area (Å²) >= 11 is 0. The lowest BCUT2D eigenvalue weighted by atomic mass is 10.1. The Labute approximate surface area is 105 Å². The topological polar surface area (TPSA) is 78.8 Å². The molecule has 0 spiro atoms. The van der Waals surface area contributed by atoms with Crippen LogP contribution in [0.25, 0.3) is 0 Å². The van der Waals surface area contributed by atoms with Gasteiger partial charge in [0.15, 0.2) is 11.5 Å². The van der Waals surface area contributed by atoms with Crippen LogP contribution in [0.15, 0.2) is 18.2 Å². The molecule has 0 aromatic heterocycles. The molecule has 0 saturated carbocycles. The molecule has 2 unspecified atom stereocenters. The van der Waals surface area contributed by atoms with E-state index >= 15 is 0 Å². The molecule has 2 atom stereocenters. The highest BCUT2D eigenvalue weighted by molar-refractivity contribution is 5.95. The number of phenolic OH excluding ortho intramolecular Hbond substituents is 2. The molecule has 98 valence electrons. The molecule has 1 heterocycles. The summed E-state index contributed by atoms with van der Waals surface area (Å²) in [6.45, 7) is 2.64. The van der Waals surface area contributed by atoms with Crippen molar-refractivity contribution < 1.29 is 19.7 Å². The van der Waals surface area contributed by atoms with E-state index in [4.69, 9.17) is 4.74 Å². The molecule has 3 N–H and O–H groups in total. The van der Waals surface area contributed by atoms with Crippen LogP contribution in [0.2, 0.25) is 0 Å². The number of carbonyl (C=O) groups excluding carboxylic acids is 1. The number of benzene rings is 1. The number of nitrogens with one attached hydrogen (secondary N) is 1. The normalized spacial score (nSPS) is 20.6. The Morgan fingerprint density at radius 2 is 2.22 bits per heavy atom. The smallest absolute Gasteiger partial charge is 0.251 e. The van der Waals surface area contributed by atoms with Crippen LogP contribution in [-0.4, -0.2) is 34.9 Å². The summed E-state index contributed by atoms with van der Waals surface area (Å²) in [5.74, 6) is -0.820. The highest BCUT2D eigenvalue weighted by Gasteiger charge is 2.24. The maximum Gasteiger partial charge on any atom is 0.251 e. The minimum Gasteiger partial charge on any atom is -0.504 e. The molecule has 0 radical (unpaired) electrons. The molecule has 0 aliphatic carbocycles. The van der Waals surface area contributed by atoms with Crippen molar-refractivity contribution in [3.63, 3.8) is 0 Å². The van der Waals surface area contributed by atoms with Crippen molar-refractivity contribution in [1.29, 1.82) is 0 Å². The van der Waals surface area contributed by atoms with Crippen LogP contribution in [0.1, 0.15) is 30.1 Å². The lowest BCUT2D eigenvalue weighted by molar-refractivity contribution is 0.0712. The van der Waals surface area contributed by atoms with E-state index in [1.165, 1.54) is 18.2 Å². The van der Waals surface area contributed by atoms with Crippen LogP contribution in [0, 0.1) is 0 Å². The van der Waals surface area contributed by atoms with Crippen molar-refractivity contribution in [1.82, 2.24) is 5.32 Å². The van der Waals surface area contributed by atoms with Gasteiger partial charge in [-0.3, -0.25) is 4.79 Å². The zero-order valence-electron chi connectivity index (χ0n) is 10.2. The molecule has 1 aromatic carbocycles. The van der Waals surface area contributed by atoms with Gasteiger partial charge in [-0.2, -0.15) is 0 Å². The molecular weight excluding hydrogens is 234 g/mol. The van der Waals surface area contributed by atoms with Crippen LogP contribution < -0.4 is 5.32 Å². The molecular formula is C13H17NO4. The Bertz CT molecular complexity index is 441. The van der Waals surface area contributed by atoms with Crippen molar-refractivity contribution in [2.24, 2.45) is 0 Å². The van der Waals surface area contributed by atoms with Crippen molar-refractivity contribution in [3.8, 4) is 11.5 Å². The molecule has 0 bridgehead atoms. The summed E-state index contributed by atoms with van der Waals surface area (Å²) in [4.78, 5) is 11.9. The van der Waals surface area contributed by atoms with Gasteiger partial charge in [-0.1, -0.05) is 0 Å². The van der Waals surface area contributed by atoms with E-state index in [9.17, 15) is 15.0 Å². The molecule has 1 aliphatic rings. The van der Waals surface area contributed by atoms with Gasteiger partial charge < -0.3 is 20.3 Å². The van der Waals surface area contributed by atoms with Gasteiger partial charge in [0, 0.05) is 12.2 Å². The van der Waals surface area contributed by atoms with Crippen molar-refractivity contribution >= 4 is 5.91 Å². The summed E-state index contributed by atoms with van der Waals surface area (Å²) < 4.78 is 5.49. The van der Waals surface area contributed by atoms with E-state index in [1.807, 2.05) is 6.92 Å². The minimum absolute atomic E-state index is 0.0552. The van der Waals surface area contributed by atoms with Crippen LogP contribution in [0.4, 0.5) is 0 Å². The molecule has 1 aliphatic heterocycles. The number of rotatable bonds is 3. The van der Waals surface area contributed by atoms with Gasteiger partial charge in [0.2, 0.25) is 0 Å². The molecule has 18 heavy (non-hydrogen) atoms. The summed E-state index contributed by atoms with van der Waals surface area (Å²) in [7, 11) is 0. The van der Waals surface area contributed by atoms with E-state index < -0.39 is 0 Å². The van der Waals surface area contributed by atoms with Gasteiger partial charge in [0.05, 0.1) is 12.1 Å². The highest BCUT2D eigenvalue weighted by Crippen LogP contribution is 2.25. The predicted molar refractivity (Wildman–Crippen MR) is 65.7 cm³/mol. The number of ether oxygens (including phenoxy) is 1. The number of amides is 1. The quantitative estimate of drug-likeness (QED) is 0.709. The highest BCUT2D eigenvalue weighted by atomic mass is 16.5. The first kappa shape index (κ1) is 12.7. The second kappa shape index (κ2) is 5.27. The molecule has 1 aromatic rings. The Morgan fingerprint density at radius 1 is 1.44 bits per heavy atom. The summed E-state index contributed by atoms with van der Waals surface area (Å²) in [5, 5.41) is 21.3. The fraction of sp³-hybridized carbons (Fsp3) is 0.462. The Morgan fingerprint density at radius 3 is 2.83 bits per heavy atom. The second-order valence-electron chi connectivity index (χ2n) is 4.52. The molecule has 2 rings (SSSR count). The van der Waals surface area contributed by atoms with E-state index in [1.54, 1.807) is 0 Å². The van der Waals surface area contributed by atoms with Crippen molar-refractivity contribution in [2.45, 2.75) is 31.9 Å². The first-order chi connectivity index (χ1) is 8.58. The number of carbonyl (C=O) groups is 1. The molecule has 1 saturated heterocycles. The Hall–Kier alpha value is -1.75. The first-order valence-electron chi connectivity index (χ1n) is 6.02. The lowest BCUT2D eigenvalue weighted by Gasteiger charge is -2.20. The first-order valence-corrected chi connectivity index (χ1v) is 6.02. The summed E-state index contributed by atoms with van der Waals surface area (Å²) in [6, 6.07) is 3.93. The van der Waals surface area contributed by atoms with Gasteiger partial charge >= 0.3 is 0 Å². The Balaban J connectivity index is 2.00. The summed E-state index contributed by atoms with van der Waals surface area (Å²) in [5.41, 5.74) is 0.315. The van der Waals surface area contributed by atoms with Gasteiger partial charge in [0.1, 0.15) is 0 Å². The third-order valence-corrected chi connectivity index (χ3v) is 3.12. The minimum atomic E-state index is -0.299. The monoisotopic (exact) mass is 251 g/mol. The average molecular weight is 251 g/mol. The molecule has 5 nitrogen and oxygen atoms in total. The summed E-state index contributed by atoms with van der Waals surface area (Å²) in [6.07, 6.45) is 2.02. The van der Waals surface area contributed by atoms with Gasteiger partial charge in [0.25, 0.3) is 5.91 Å². The number of aromatic hydroxyl groups is 2. The van der Waals surface area contributed by atoms with E-state index in [0.29, 0.717) is 5.56 Å². The third-order valence-electron chi connectivity index (χ3n) is 3.12. The maximum absolute atomic E-state index is 11.9. The van der Waals surface area contributed by atoms with Gasteiger partial charge in [-0.15, -0.1) is 0 Å². The van der Waals surface area contributed by atoms with Crippen LogP contribution >= 0.6 is 0 Å². The zero-order valence-corrected chi connectivity index (χ0v) is 10.2. The maximum atomic E-state index is 11.9. The van der Waals surface area contributed by atoms with Gasteiger partial charge in [-0.25, -0.2) is 0 Å². The van der Waals surface area contributed by atoms with Crippen molar-refractivity contribution in [2.75, 3.05) is 6.61 Å². The second-order valence-corrected chi connectivity index (χ2v) is 4.52. The number of hydrogen-bond donors (Lipinski definition) is 3. The molecule has 5 heteroatoms. The SMILES string of the molecule is CC(NC(=O)c1ccc(O)c(O)c1)C1CCCO1. The largest absolute Gasteiger partial charge is 0.504 e.